The molecule has 1 rings (SSSR count). The maximum atomic E-state index is 12.1. The Morgan fingerprint density at radius 3 is 2.08 bits per heavy atom. The second kappa shape index (κ2) is 7.37. The first-order chi connectivity index (χ1) is 10.9. The molecule has 1 aromatic rings. The standard InChI is InChI=1S/C20H30O4/c1-9-14-12-15(17(19(3,4)5)23-13(2)21)10-11-16(14)24-18(22)20(6,7)8/h10-12,17H,9H2,1-8H3. The summed E-state index contributed by atoms with van der Waals surface area (Å²) in [7, 11) is 0. The predicted octanol–water partition coefficient (Wildman–Crippen LogP) is 4.85. The topological polar surface area (TPSA) is 52.6 Å². The molecule has 0 heterocycles. The average Bonchev–Trinajstić information content (AvgIpc) is 2.43. The van der Waals surface area contributed by atoms with E-state index >= 15 is 0 Å². The van der Waals surface area contributed by atoms with Gasteiger partial charge in [0.2, 0.25) is 0 Å². The van der Waals surface area contributed by atoms with Crippen LogP contribution in [0.3, 0.4) is 0 Å². The van der Waals surface area contributed by atoms with Crippen molar-refractivity contribution in [2.75, 3.05) is 0 Å². The van der Waals surface area contributed by atoms with Crippen LogP contribution in [0.5, 0.6) is 5.75 Å². The molecule has 134 valence electrons. The number of hydrogen-bond donors (Lipinski definition) is 0. The third kappa shape index (κ3) is 5.36. The van der Waals surface area contributed by atoms with Crippen molar-refractivity contribution in [2.24, 2.45) is 10.8 Å². The van der Waals surface area contributed by atoms with Crippen LogP contribution in [0.1, 0.15) is 72.6 Å². The third-order valence-electron chi connectivity index (χ3n) is 3.65. The molecular weight excluding hydrogens is 304 g/mol. The minimum absolute atomic E-state index is 0.236. The number of carbonyl (C=O) groups is 2. The molecule has 0 fully saturated rings. The molecule has 0 aliphatic heterocycles. The Morgan fingerprint density at radius 2 is 1.67 bits per heavy atom. The fourth-order valence-corrected chi connectivity index (χ4v) is 2.30. The van der Waals surface area contributed by atoms with Crippen LogP contribution in [-0.2, 0) is 20.7 Å². The normalized spacial score (nSPS) is 13.3. The molecule has 0 aliphatic rings. The van der Waals surface area contributed by atoms with Gasteiger partial charge in [-0.05, 0) is 50.5 Å². The van der Waals surface area contributed by atoms with Gasteiger partial charge in [0, 0.05) is 12.3 Å². The molecule has 0 bridgehead atoms. The number of hydrogen-bond acceptors (Lipinski definition) is 4. The number of esters is 2. The Bertz CT molecular complexity index is 603. The molecule has 0 saturated carbocycles. The van der Waals surface area contributed by atoms with Gasteiger partial charge in [-0.15, -0.1) is 0 Å². The van der Waals surface area contributed by atoms with Gasteiger partial charge in [0.1, 0.15) is 11.9 Å². The molecule has 0 aliphatic carbocycles. The van der Waals surface area contributed by atoms with Gasteiger partial charge < -0.3 is 9.47 Å². The lowest BCUT2D eigenvalue weighted by molar-refractivity contribution is -0.152. The van der Waals surface area contributed by atoms with Gasteiger partial charge in [-0.25, -0.2) is 0 Å². The molecule has 1 atom stereocenters. The lowest BCUT2D eigenvalue weighted by atomic mass is 9.84. The molecule has 0 N–H and O–H groups in total. The van der Waals surface area contributed by atoms with E-state index in [4.69, 9.17) is 9.47 Å². The van der Waals surface area contributed by atoms with E-state index in [0.29, 0.717) is 5.75 Å². The van der Waals surface area contributed by atoms with Gasteiger partial charge in [-0.1, -0.05) is 33.8 Å². The molecule has 0 saturated heterocycles. The average molecular weight is 334 g/mol. The Hall–Kier alpha value is -1.84. The van der Waals surface area contributed by atoms with E-state index in [0.717, 1.165) is 17.5 Å². The first-order valence-corrected chi connectivity index (χ1v) is 8.38. The van der Waals surface area contributed by atoms with Crippen molar-refractivity contribution in [2.45, 2.75) is 67.9 Å². The van der Waals surface area contributed by atoms with Gasteiger partial charge in [0.05, 0.1) is 5.41 Å². The van der Waals surface area contributed by atoms with Crippen LogP contribution in [0.25, 0.3) is 0 Å². The van der Waals surface area contributed by atoms with Crippen molar-refractivity contribution in [3.8, 4) is 5.75 Å². The molecule has 4 heteroatoms. The highest BCUT2D eigenvalue weighted by Crippen LogP contribution is 2.38. The lowest BCUT2D eigenvalue weighted by Crippen LogP contribution is -2.26. The Labute approximate surface area is 145 Å². The first kappa shape index (κ1) is 20.2. The van der Waals surface area contributed by atoms with Crippen molar-refractivity contribution >= 4 is 11.9 Å². The van der Waals surface area contributed by atoms with E-state index in [2.05, 4.69) is 0 Å². The van der Waals surface area contributed by atoms with Gasteiger partial charge >= 0.3 is 11.9 Å². The largest absolute Gasteiger partial charge is 0.457 e. The van der Waals surface area contributed by atoms with Crippen LogP contribution in [0.15, 0.2) is 18.2 Å². The molecule has 1 unspecified atom stereocenters. The van der Waals surface area contributed by atoms with E-state index < -0.39 is 5.41 Å². The van der Waals surface area contributed by atoms with Crippen molar-refractivity contribution in [1.82, 2.24) is 0 Å². The second-order valence-corrected chi connectivity index (χ2v) is 8.22. The van der Waals surface area contributed by atoms with E-state index in [1.54, 1.807) is 6.07 Å². The minimum atomic E-state index is -0.560. The van der Waals surface area contributed by atoms with Crippen LogP contribution in [-0.4, -0.2) is 11.9 Å². The molecule has 0 amide bonds. The summed E-state index contributed by atoms with van der Waals surface area (Å²) in [4.78, 5) is 23.6. The molecule has 0 aromatic heterocycles. The van der Waals surface area contributed by atoms with E-state index in [-0.39, 0.29) is 23.5 Å². The van der Waals surface area contributed by atoms with Gasteiger partial charge in [0.15, 0.2) is 0 Å². The summed E-state index contributed by atoms with van der Waals surface area (Å²) in [5, 5.41) is 0. The van der Waals surface area contributed by atoms with Crippen LogP contribution < -0.4 is 4.74 Å². The maximum absolute atomic E-state index is 12.1. The summed E-state index contributed by atoms with van der Waals surface area (Å²) in [6.45, 7) is 15.0. The first-order valence-electron chi connectivity index (χ1n) is 8.38. The highest BCUT2D eigenvalue weighted by Gasteiger charge is 2.30. The van der Waals surface area contributed by atoms with Crippen LogP contribution >= 0.6 is 0 Å². The molecular formula is C20H30O4. The quantitative estimate of drug-likeness (QED) is 0.583. The van der Waals surface area contributed by atoms with Crippen molar-refractivity contribution in [3.63, 3.8) is 0 Å². The van der Waals surface area contributed by atoms with E-state index in [1.165, 1.54) is 6.92 Å². The summed E-state index contributed by atoms with van der Waals surface area (Å²) in [6, 6.07) is 5.62. The number of rotatable bonds is 4. The fraction of sp³-hybridized carbons (Fsp3) is 0.600. The van der Waals surface area contributed by atoms with Crippen LogP contribution in [0, 0.1) is 10.8 Å². The molecule has 0 radical (unpaired) electrons. The molecule has 1 aromatic carbocycles. The lowest BCUT2D eigenvalue weighted by Gasteiger charge is -2.31. The molecule has 4 nitrogen and oxygen atoms in total. The SMILES string of the molecule is CCc1cc(C(OC(C)=O)C(C)(C)C)ccc1OC(=O)C(C)(C)C. The van der Waals surface area contributed by atoms with Crippen molar-refractivity contribution < 1.29 is 19.1 Å². The van der Waals surface area contributed by atoms with Gasteiger partial charge in [-0.3, -0.25) is 9.59 Å². The van der Waals surface area contributed by atoms with Crippen molar-refractivity contribution in [1.29, 1.82) is 0 Å². The number of carbonyl (C=O) groups excluding carboxylic acids is 2. The number of benzene rings is 1. The summed E-state index contributed by atoms with van der Waals surface area (Å²) in [5.41, 5.74) is 1.03. The maximum Gasteiger partial charge on any atom is 0.316 e. The summed E-state index contributed by atoms with van der Waals surface area (Å²) >= 11 is 0. The highest BCUT2D eigenvalue weighted by molar-refractivity contribution is 5.78. The van der Waals surface area contributed by atoms with Crippen molar-refractivity contribution in [3.05, 3.63) is 29.3 Å². The second-order valence-electron chi connectivity index (χ2n) is 8.22. The fourth-order valence-electron chi connectivity index (χ4n) is 2.30. The molecule has 0 spiro atoms. The number of aryl methyl sites for hydroxylation is 1. The zero-order chi connectivity index (χ0) is 18.7. The number of ether oxygens (including phenoxy) is 2. The van der Waals surface area contributed by atoms with Crippen LogP contribution in [0.2, 0.25) is 0 Å². The minimum Gasteiger partial charge on any atom is -0.457 e. The third-order valence-corrected chi connectivity index (χ3v) is 3.65. The molecule has 24 heavy (non-hydrogen) atoms. The zero-order valence-electron chi connectivity index (χ0n) is 16.1. The summed E-state index contributed by atoms with van der Waals surface area (Å²) < 4.78 is 11.1. The van der Waals surface area contributed by atoms with Gasteiger partial charge in [0.25, 0.3) is 0 Å². The Morgan fingerprint density at radius 1 is 1.08 bits per heavy atom. The Balaban J connectivity index is 3.21. The smallest absolute Gasteiger partial charge is 0.316 e. The summed E-state index contributed by atoms with van der Waals surface area (Å²) in [5.74, 6) is -0.00910. The Kier molecular flexibility index (Phi) is 6.20. The predicted molar refractivity (Wildman–Crippen MR) is 94.9 cm³/mol. The summed E-state index contributed by atoms with van der Waals surface area (Å²) in [6.07, 6.45) is 0.366. The van der Waals surface area contributed by atoms with Crippen LogP contribution in [0.4, 0.5) is 0 Å². The monoisotopic (exact) mass is 334 g/mol. The van der Waals surface area contributed by atoms with Gasteiger partial charge in [-0.2, -0.15) is 0 Å². The van der Waals surface area contributed by atoms with E-state index in [9.17, 15) is 9.59 Å². The highest BCUT2D eigenvalue weighted by atomic mass is 16.5. The van der Waals surface area contributed by atoms with E-state index in [1.807, 2.05) is 60.6 Å². The zero-order valence-corrected chi connectivity index (χ0v) is 16.1.